The molecule has 1 aromatic carbocycles. The highest BCUT2D eigenvalue weighted by Crippen LogP contribution is 2.33. The third kappa shape index (κ3) is 2.55. The fraction of sp³-hybridized carbons (Fsp3) is 0.278. The Bertz CT molecular complexity index is 791. The molecular formula is C18H19N2O4+. The molecule has 0 radical (unpaired) electrons. The molecule has 1 aliphatic rings. The second kappa shape index (κ2) is 6.05. The summed E-state index contributed by atoms with van der Waals surface area (Å²) in [5.74, 6) is -0.763. The molecule has 3 rings (SSSR count). The van der Waals surface area contributed by atoms with E-state index in [0.717, 1.165) is 0 Å². The van der Waals surface area contributed by atoms with Gasteiger partial charge in [0, 0.05) is 24.1 Å². The molecule has 0 saturated carbocycles. The van der Waals surface area contributed by atoms with Crippen molar-refractivity contribution in [1.82, 2.24) is 5.32 Å². The van der Waals surface area contributed by atoms with Gasteiger partial charge in [0.25, 0.3) is 11.9 Å². The van der Waals surface area contributed by atoms with Gasteiger partial charge in [-0.15, -0.1) is 0 Å². The Balaban J connectivity index is 2.01. The Labute approximate surface area is 139 Å². The topological polar surface area (TPSA) is 79.5 Å². The molecule has 2 unspecified atom stereocenters. The molecule has 2 aromatic rings. The first-order valence-electron chi connectivity index (χ1n) is 7.79. The lowest BCUT2D eigenvalue weighted by molar-refractivity contribution is -0.707. The Morgan fingerprint density at radius 3 is 2.71 bits per heavy atom. The molecule has 6 heteroatoms. The summed E-state index contributed by atoms with van der Waals surface area (Å²) < 4.78 is 6.61. The predicted octanol–water partition coefficient (Wildman–Crippen LogP) is 1.03. The maximum Gasteiger partial charge on any atom is 0.375 e. The normalized spacial score (nSPS) is 20.2. The quantitative estimate of drug-likeness (QED) is 0.649. The zero-order chi connectivity index (χ0) is 17.3. The number of hydrogen-bond acceptors (Lipinski definition) is 4. The first-order valence-corrected chi connectivity index (χ1v) is 7.79. The first-order chi connectivity index (χ1) is 11.5. The fourth-order valence-corrected chi connectivity index (χ4v) is 2.84. The van der Waals surface area contributed by atoms with E-state index in [1.165, 1.54) is 0 Å². The highest BCUT2D eigenvalue weighted by Gasteiger charge is 2.45. The smallest absolute Gasteiger partial charge is 0.375 e. The lowest BCUT2D eigenvalue weighted by atomic mass is 9.95. The third-order valence-corrected chi connectivity index (χ3v) is 4.18. The molecule has 124 valence electrons. The summed E-state index contributed by atoms with van der Waals surface area (Å²) in [5, 5.41) is 13.6. The van der Waals surface area contributed by atoms with Crippen LogP contribution in [0.4, 0.5) is 0 Å². The average Bonchev–Trinajstić information content (AvgIpc) is 2.87. The van der Waals surface area contributed by atoms with Crippen LogP contribution in [0.25, 0.3) is 0 Å². The minimum absolute atomic E-state index is 0.295. The van der Waals surface area contributed by atoms with Gasteiger partial charge in [-0.05, 0) is 6.92 Å². The van der Waals surface area contributed by atoms with Gasteiger partial charge < -0.3 is 15.2 Å². The van der Waals surface area contributed by atoms with Crippen molar-refractivity contribution in [1.29, 1.82) is 0 Å². The molecule has 1 aliphatic heterocycles. The highest BCUT2D eigenvalue weighted by atomic mass is 16.5. The lowest BCUT2D eigenvalue weighted by Gasteiger charge is -2.24. The summed E-state index contributed by atoms with van der Waals surface area (Å²) in [5.41, 5.74) is -0.195. The van der Waals surface area contributed by atoms with Crippen LogP contribution in [0.5, 0.6) is 0 Å². The van der Waals surface area contributed by atoms with Crippen molar-refractivity contribution in [2.24, 2.45) is 0 Å². The van der Waals surface area contributed by atoms with Crippen LogP contribution in [-0.2, 0) is 15.3 Å². The van der Waals surface area contributed by atoms with Crippen molar-refractivity contribution in [2.45, 2.75) is 25.6 Å². The number of amides is 1. The number of carbonyl (C=O) groups is 2. The summed E-state index contributed by atoms with van der Waals surface area (Å²) in [6.45, 7) is 3.73. The molecule has 0 spiro atoms. The van der Waals surface area contributed by atoms with Crippen LogP contribution in [0.1, 0.15) is 41.4 Å². The fourth-order valence-electron chi connectivity index (χ4n) is 2.84. The number of fused-ring (bicyclic) bond motifs is 1. The van der Waals surface area contributed by atoms with Crippen molar-refractivity contribution in [3.05, 3.63) is 65.5 Å². The van der Waals surface area contributed by atoms with Gasteiger partial charge in [0.1, 0.15) is 5.56 Å². The van der Waals surface area contributed by atoms with Crippen molar-refractivity contribution in [2.75, 3.05) is 6.61 Å². The minimum Gasteiger partial charge on any atom is -0.461 e. The van der Waals surface area contributed by atoms with Gasteiger partial charge in [0.05, 0.1) is 6.61 Å². The number of esters is 1. The van der Waals surface area contributed by atoms with Crippen LogP contribution < -0.4 is 9.88 Å². The van der Waals surface area contributed by atoms with Gasteiger partial charge in [0.2, 0.25) is 0 Å². The van der Waals surface area contributed by atoms with Crippen LogP contribution >= 0.6 is 0 Å². The summed E-state index contributed by atoms with van der Waals surface area (Å²) in [6.07, 6.45) is 3.22. The van der Waals surface area contributed by atoms with Gasteiger partial charge in [-0.25, -0.2) is 4.79 Å². The average molecular weight is 327 g/mol. The molecule has 2 N–H and O–H groups in total. The van der Waals surface area contributed by atoms with Gasteiger partial charge >= 0.3 is 5.97 Å². The monoisotopic (exact) mass is 327 g/mol. The van der Waals surface area contributed by atoms with Gasteiger partial charge in [-0.3, -0.25) is 4.79 Å². The second-order valence-corrected chi connectivity index (χ2v) is 5.68. The van der Waals surface area contributed by atoms with Gasteiger partial charge in [-0.2, -0.15) is 4.57 Å². The number of benzene rings is 1. The zero-order valence-corrected chi connectivity index (χ0v) is 13.5. The summed E-state index contributed by atoms with van der Waals surface area (Å²) in [7, 11) is 0. The number of carbonyl (C=O) groups excluding carboxylic acids is 2. The van der Waals surface area contributed by atoms with Crippen molar-refractivity contribution in [3.8, 4) is 0 Å². The number of nitrogens with one attached hydrogen (secondary N) is 1. The number of hydrogen-bond donors (Lipinski definition) is 2. The molecule has 0 saturated heterocycles. The van der Waals surface area contributed by atoms with Gasteiger partial charge in [0.15, 0.2) is 18.1 Å². The van der Waals surface area contributed by atoms with E-state index in [4.69, 9.17) is 4.74 Å². The number of aliphatic hydroxyl groups is 1. The summed E-state index contributed by atoms with van der Waals surface area (Å²) >= 11 is 0. The Kier molecular flexibility index (Phi) is 4.07. The molecule has 2 heterocycles. The standard InChI is InChI=1S/C18H18N2O4/c1-3-24-17(22)12(2)20-10-9-15-14(11-20)16(21)19-18(15,23)13-7-5-4-6-8-13/h4-12,23H,3H2,1-2H3/p+1. The molecule has 6 nitrogen and oxygen atoms in total. The van der Waals surface area contributed by atoms with Crippen molar-refractivity contribution in [3.63, 3.8) is 0 Å². The van der Waals surface area contributed by atoms with Crippen molar-refractivity contribution < 1.29 is 24.0 Å². The highest BCUT2D eigenvalue weighted by molar-refractivity contribution is 5.99. The predicted molar refractivity (Wildman–Crippen MR) is 84.9 cm³/mol. The van der Waals surface area contributed by atoms with E-state index in [1.807, 2.05) is 6.07 Å². The zero-order valence-electron chi connectivity index (χ0n) is 13.5. The van der Waals surface area contributed by atoms with Crippen LogP contribution in [0.15, 0.2) is 48.8 Å². The SMILES string of the molecule is CCOC(=O)C(C)[n+]1ccc2c(c1)C(=O)NC2(O)c1ccccc1. The van der Waals surface area contributed by atoms with E-state index in [0.29, 0.717) is 23.3 Å². The summed E-state index contributed by atoms with van der Waals surface area (Å²) in [4.78, 5) is 24.2. The Hall–Kier alpha value is -2.73. The molecule has 24 heavy (non-hydrogen) atoms. The van der Waals surface area contributed by atoms with Crippen LogP contribution in [0.3, 0.4) is 0 Å². The lowest BCUT2D eigenvalue weighted by Crippen LogP contribution is -2.43. The Morgan fingerprint density at radius 1 is 1.33 bits per heavy atom. The van der Waals surface area contributed by atoms with E-state index < -0.39 is 11.8 Å². The van der Waals surface area contributed by atoms with Crippen LogP contribution in [0, 0.1) is 0 Å². The molecule has 0 fully saturated rings. The molecule has 0 bridgehead atoms. The number of pyridine rings is 1. The summed E-state index contributed by atoms with van der Waals surface area (Å²) in [6, 6.07) is 10.0. The maximum atomic E-state index is 12.3. The van der Waals surface area contributed by atoms with E-state index in [-0.39, 0.29) is 11.9 Å². The molecule has 0 aliphatic carbocycles. The van der Waals surface area contributed by atoms with Gasteiger partial charge in [-0.1, -0.05) is 30.3 Å². The van der Waals surface area contributed by atoms with E-state index in [9.17, 15) is 14.7 Å². The van der Waals surface area contributed by atoms with Crippen molar-refractivity contribution >= 4 is 11.9 Å². The molecule has 2 atom stereocenters. The van der Waals surface area contributed by atoms with E-state index in [1.54, 1.807) is 61.1 Å². The molecular weight excluding hydrogens is 308 g/mol. The minimum atomic E-state index is -1.57. The van der Waals surface area contributed by atoms with E-state index in [2.05, 4.69) is 5.32 Å². The largest absolute Gasteiger partial charge is 0.461 e. The first kappa shape index (κ1) is 16.1. The number of aromatic nitrogens is 1. The second-order valence-electron chi connectivity index (χ2n) is 5.68. The number of rotatable bonds is 4. The van der Waals surface area contributed by atoms with Crippen LogP contribution in [-0.4, -0.2) is 23.6 Å². The number of ether oxygens (including phenoxy) is 1. The third-order valence-electron chi connectivity index (χ3n) is 4.18. The van der Waals surface area contributed by atoms with Crippen LogP contribution in [0.2, 0.25) is 0 Å². The molecule has 1 amide bonds. The Morgan fingerprint density at radius 2 is 2.04 bits per heavy atom. The molecule has 1 aromatic heterocycles. The number of nitrogens with zero attached hydrogens (tertiary/aromatic N) is 1. The van der Waals surface area contributed by atoms with E-state index >= 15 is 0 Å². The maximum absolute atomic E-state index is 12.3.